The van der Waals surface area contributed by atoms with E-state index in [-0.39, 0.29) is 12.1 Å². The molecule has 1 atom stereocenters. The molecule has 0 aliphatic carbocycles. The van der Waals surface area contributed by atoms with Crippen LogP contribution in [-0.2, 0) is 6.54 Å². The van der Waals surface area contributed by atoms with Crippen molar-refractivity contribution in [1.29, 1.82) is 0 Å². The number of nitrogens with one attached hydrogen (secondary N) is 1. The maximum Gasteiger partial charge on any atom is 0.407 e. The Morgan fingerprint density at radius 1 is 1.40 bits per heavy atom. The minimum absolute atomic E-state index is 0.154. The Kier molecular flexibility index (Phi) is 2.26. The molecular formula is C10H8F3NO. The molecule has 2 rings (SSSR count). The van der Waals surface area contributed by atoms with E-state index < -0.39 is 12.2 Å². The van der Waals surface area contributed by atoms with Crippen molar-refractivity contribution in [2.24, 2.45) is 0 Å². The largest absolute Gasteiger partial charge is 0.407 e. The lowest BCUT2D eigenvalue weighted by Gasteiger charge is -2.15. The number of rotatable bonds is 1. The zero-order chi connectivity index (χ0) is 11.1. The number of hydrogen-bond donors (Lipinski definition) is 1. The van der Waals surface area contributed by atoms with Gasteiger partial charge in [0.05, 0.1) is 0 Å². The van der Waals surface area contributed by atoms with E-state index in [1.165, 1.54) is 18.2 Å². The summed E-state index contributed by atoms with van der Waals surface area (Å²) < 4.78 is 37.5. The summed E-state index contributed by atoms with van der Waals surface area (Å²) in [6.07, 6.45) is -3.66. The number of carbonyl (C=O) groups excluding carboxylic acids is 1. The summed E-state index contributed by atoms with van der Waals surface area (Å²) in [5.41, 5.74) is 1.16. The van der Waals surface area contributed by atoms with E-state index in [2.05, 4.69) is 5.32 Å². The number of aldehydes is 1. The van der Waals surface area contributed by atoms with E-state index in [1.807, 2.05) is 0 Å². The first-order valence-electron chi connectivity index (χ1n) is 4.40. The number of alkyl halides is 3. The maximum atomic E-state index is 12.5. The van der Waals surface area contributed by atoms with Gasteiger partial charge in [-0.05, 0) is 17.2 Å². The highest BCUT2D eigenvalue weighted by molar-refractivity contribution is 5.75. The summed E-state index contributed by atoms with van der Waals surface area (Å²) >= 11 is 0. The summed E-state index contributed by atoms with van der Waals surface area (Å²) in [6, 6.07) is 2.64. The van der Waals surface area contributed by atoms with Crippen LogP contribution in [-0.4, -0.2) is 12.5 Å². The minimum atomic E-state index is -4.28. The van der Waals surface area contributed by atoms with E-state index in [0.29, 0.717) is 17.4 Å². The summed E-state index contributed by atoms with van der Waals surface area (Å²) in [5.74, 6) is 0. The van der Waals surface area contributed by atoms with Gasteiger partial charge in [0.25, 0.3) is 0 Å². The van der Waals surface area contributed by atoms with Crippen molar-refractivity contribution < 1.29 is 18.0 Å². The van der Waals surface area contributed by atoms with Crippen molar-refractivity contribution in [3.63, 3.8) is 0 Å². The van der Waals surface area contributed by atoms with Crippen molar-refractivity contribution in [2.75, 3.05) is 0 Å². The minimum Gasteiger partial charge on any atom is -0.298 e. The molecular weight excluding hydrogens is 207 g/mol. The van der Waals surface area contributed by atoms with Crippen LogP contribution in [0.2, 0.25) is 0 Å². The molecule has 5 heteroatoms. The van der Waals surface area contributed by atoms with Crippen LogP contribution in [0.25, 0.3) is 0 Å². The maximum absolute atomic E-state index is 12.5. The van der Waals surface area contributed by atoms with Crippen LogP contribution in [0.5, 0.6) is 0 Å². The first kappa shape index (κ1) is 10.2. The number of halogens is 3. The zero-order valence-corrected chi connectivity index (χ0v) is 7.64. The Balaban J connectivity index is 2.40. The standard InChI is InChI=1S/C10H8F3NO/c11-10(12,13)9-8-2-1-6(5-15)3-7(8)4-14-9/h1-3,5,9,14H,4H2. The van der Waals surface area contributed by atoms with Gasteiger partial charge >= 0.3 is 6.18 Å². The average molecular weight is 215 g/mol. The monoisotopic (exact) mass is 215 g/mol. The van der Waals surface area contributed by atoms with Gasteiger partial charge in [-0.15, -0.1) is 0 Å². The van der Waals surface area contributed by atoms with Crippen molar-refractivity contribution in [1.82, 2.24) is 5.32 Å². The third-order valence-corrected chi connectivity index (χ3v) is 2.44. The average Bonchev–Trinajstić information content (AvgIpc) is 2.59. The van der Waals surface area contributed by atoms with Crippen LogP contribution >= 0.6 is 0 Å². The molecule has 1 aliphatic heterocycles. The second-order valence-electron chi connectivity index (χ2n) is 3.43. The quantitative estimate of drug-likeness (QED) is 0.727. The molecule has 0 amide bonds. The predicted molar refractivity (Wildman–Crippen MR) is 47.5 cm³/mol. The first-order chi connectivity index (χ1) is 7.02. The molecule has 0 saturated carbocycles. The van der Waals surface area contributed by atoms with Crippen molar-refractivity contribution >= 4 is 6.29 Å². The lowest BCUT2D eigenvalue weighted by Crippen LogP contribution is -2.28. The highest BCUT2D eigenvalue weighted by Crippen LogP contribution is 2.38. The molecule has 1 heterocycles. The van der Waals surface area contributed by atoms with Gasteiger partial charge in [-0.1, -0.05) is 12.1 Å². The summed E-state index contributed by atoms with van der Waals surface area (Å²) in [4.78, 5) is 10.4. The first-order valence-corrected chi connectivity index (χ1v) is 4.40. The van der Waals surface area contributed by atoms with Gasteiger partial charge in [-0.2, -0.15) is 13.2 Å². The molecule has 2 nitrogen and oxygen atoms in total. The Labute approximate surface area is 84.1 Å². The summed E-state index contributed by atoms with van der Waals surface area (Å²) in [5, 5.41) is 2.37. The SMILES string of the molecule is O=Cc1ccc2c(c1)CNC2C(F)(F)F. The highest BCUT2D eigenvalue weighted by Gasteiger charge is 2.44. The Hall–Kier alpha value is -1.36. The van der Waals surface area contributed by atoms with Crippen molar-refractivity contribution in [3.05, 3.63) is 34.9 Å². The molecule has 0 spiro atoms. The second-order valence-corrected chi connectivity index (χ2v) is 3.43. The lowest BCUT2D eigenvalue weighted by molar-refractivity contribution is -0.155. The smallest absolute Gasteiger partial charge is 0.298 e. The van der Waals surface area contributed by atoms with E-state index >= 15 is 0 Å². The van der Waals surface area contributed by atoms with Crippen molar-refractivity contribution in [3.8, 4) is 0 Å². The van der Waals surface area contributed by atoms with Crippen LogP contribution in [0, 0.1) is 0 Å². The fourth-order valence-corrected chi connectivity index (χ4v) is 1.75. The van der Waals surface area contributed by atoms with Crippen molar-refractivity contribution in [2.45, 2.75) is 18.8 Å². The Bertz CT molecular complexity index is 400. The fourth-order valence-electron chi connectivity index (χ4n) is 1.75. The summed E-state index contributed by atoms with van der Waals surface area (Å²) in [6.45, 7) is 0.154. The lowest BCUT2D eigenvalue weighted by atomic mass is 10.0. The van der Waals surface area contributed by atoms with Gasteiger partial charge in [0, 0.05) is 12.1 Å². The normalized spacial score (nSPS) is 20.1. The van der Waals surface area contributed by atoms with Crippen LogP contribution in [0.15, 0.2) is 18.2 Å². The third-order valence-electron chi connectivity index (χ3n) is 2.44. The van der Waals surface area contributed by atoms with E-state index in [9.17, 15) is 18.0 Å². The van der Waals surface area contributed by atoms with Crippen LogP contribution in [0.3, 0.4) is 0 Å². The number of carbonyl (C=O) groups is 1. The van der Waals surface area contributed by atoms with E-state index in [4.69, 9.17) is 0 Å². The van der Waals surface area contributed by atoms with E-state index in [0.717, 1.165) is 0 Å². The van der Waals surface area contributed by atoms with Gasteiger partial charge in [-0.25, -0.2) is 0 Å². The van der Waals surface area contributed by atoms with Crippen LogP contribution in [0.1, 0.15) is 27.5 Å². The van der Waals surface area contributed by atoms with Gasteiger partial charge in [0.15, 0.2) is 0 Å². The molecule has 0 saturated heterocycles. The molecule has 1 unspecified atom stereocenters. The Morgan fingerprint density at radius 2 is 2.13 bits per heavy atom. The van der Waals surface area contributed by atoms with Gasteiger partial charge in [0.1, 0.15) is 12.3 Å². The molecule has 1 aromatic rings. The topological polar surface area (TPSA) is 29.1 Å². The molecule has 0 aromatic heterocycles. The molecule has 1 aromatic carbocycles. The molecule has 1 N–H and O–H groups in total. The predicted octanol–water partition coefficient (Wildman–Crippen LogP) is 2.21. The van der Waals surface area contributed by atoms with Gasteiger partial charge < -0.3 is 0 Å². The molecule has 0 radical (unpaired) electrons. The molecule has 15 heavy (non-hydrogen) atoms. The molecule has 80 valence electrons. The zero-order valence-electron chi connectivity index (χ0n) is 7.64. The molecule has 0 bridgehead atoms. The van der Waals surface area contributed by atoms with E-state index in [1.54, 1.807) is 0 Å². The molecule has 0 fully saturated rings. The second kappa shape index (κ2) is 3.34. The molecule has 1 aliphatic rings. The van der Waals surface area contributed by atoms with Gasteiger partial charge in [0.2, 0.25) is 0 Å². The number of benzene rings is 1. The van der Waals surface area contributed by atoms with Gasteiger partial charge in [-0.3, -0.25) is 10.1 Å². The fraction of sp³-hybridized carbons (Fsp3) is 0.300. The van der Waals surface area contributed by atoms with Crippen LogP contribution in [0.4, 0.5) is 13.2 Å². The third kappa shape index (κ3) is 1.74. The highest BCUT2D eigenvalue weighted by atomic mass is 19.4. The summed E-state index contributed by atoms with van der Waals surface area (Å²) in [7, 11) is 0. The van der Waals surface area contributed by atoms with Crippen LogP contribution < -0.4 is 5.32 Å². The number of hydrogen-bond acceptors (Lipinski definition) is 2. The number of fused-ring (bicyclic) bond motifs is 1. The Morgan fingerprint density at radius 3 is 2.73 bits per heavy atom.